The third-order valence-electron chi connectivity index (χ3n) is 1.97. The number of carbonyl (C=O) groups is 1. The van der Waals surface area contributed by atoms with Crippen molar-refractivity contribution in [3.8, 4) is 0 Å². The fraction of sp³-hybridized carbons (Fsp3) is 0.700. The van der Waals surface area contributed by atoms with Crippen molar-refractivity contribution in [2.24, 2.45) is 0 Å². The Bertz CT molecular complexity index is 202. The third kappa shape index (κ3) is 7.06. The van der Waals surface area contributed by atoms with E-state index >= 15 is 0 Å². The van der Waals surface area contributed by atoms with Gasteiger partial charge in [0.25, 0.3) is 0 Å². The molecule has 0 unspecified atom stereocenters. The molecule has 0 aromatic heterocycles. The molecule has 0 aliphatic carbocycles. The zero-order chi connectivity index (χ0) is 10.5. The maximum atomic E-state index is 11.3. The number of carbonyl (C=O) groups excluding carboxylic acids is 1. The van der Waals surface area contributed by atoms with Crippen LogP contribution in [0.25, 0.3) is 0 Å². The highest BCUT2D eigenvalue weighted by molar-refractivity contribution is 5.95. The van der Waals surface area contributed by atoms with E-state index in [9.17, 15) is 4.79 Å². The quantitative estimate of drug-likeness (QED) is 0.401. The van der Waals surface area contributed by atoms with Crippen molar-refractivity contribution in [2.75, 3.05) is 33.8 Å². The Labute approximate surface area is 92.4 Å². The Balaban J connectivity index is 0. The summed E-state index contributed by atoms with van der Waals surface area (Å²) in [4.78, 5) is 11.3. The van der Waals surface area contributed by atoms with E-state index in [0.717, 1.165) is 13.0 Å². The Morgan fingerprint density at radius 3 is 2.29 bits per heavy atom. The minimum absolute atomic E-state index is 0. The molecule has 0 fully saturated rings. The molecule has 0 spiro atoms. The van der Waals surface area contributed by atoms with Gasteiger partial charge in [0.05, 0.1) is 20.6 Å². The predicted molar refractivity (Wildman–Crippen MR) is 53.4 cm³/mol. The molecule has 1 N–H and O–H groups in total. The van der Waals surface area contributed by atoms with E-state index in [0.29, 0.717) is 16.6 Å². The lowest BCUT2D eigenvalue weighted by molar-refractivity contribution is -0.882. The number of Topliss-reactive ketones (excluding diaryl/α,β-unsaturated/α-hetero) is 1. The van der Waals surface area contributed by atoms with Crippen LogP contribution in [0.3, 0.4) is 0 Å². The number of hydrogen-bond donors (Lipinski definition) is 1. The maximum absolute atomic E-state index is 11.3. The van der Waals surface area contributed by atoms with Gasteiger partial charge in [0.15, 0.2) is 0 Å². The molecule has 0 atom stereocenters. The molecule has 14 heavy (non-hydrogen) atoms. The lowest BCUT2D eigenvalue weighted by Crippen LogP contribution is -3.00. The van der Waals surface area contributed by atoms with Crippen LogP contribution < -0.4 is 12.4 Å². The molecule has 0 heterocycles. The van der Waals surface area contributed by atoms with Crippen LogP contribution in [0.5, 0.6) is 0 Å². The predicted octanol–water partition coefficient (Wildman–Crippen LogP) is -2.41. The van der Waals surface area contributed by atoms with Gasteiger partial charge in [0.1, 0.15) is 6.54 Å². The molecule has 0 aromatic carbocycles. The van der Waals surface area contributed by atoms with Crippen molar-refractivity contribution >= 4 is 5.78 Å². The second kappa shape index (κ2) is 6.98. The van der Waals surface area contributed by atoms with Crippen LogP contribution in [-0.4, -0.2) is 49.2 Å². The molecule has 0 amide bonds. The fourth-order valence-electron chi connectivity index (χ4n) is 1.10. The summed E-state index contributed by atoms with van der Waals surface area (Å²) in [5.41, 5.74) is 0.607. The zero-order valence-electron chi connectivity index (χ0n) is 9.22. The summed E-state index contributed by atoms with van der Waals surface area (Å²) in [6.45, 7) is 6.81. The molecule has 3 nitrogen and oxygen atoms in total. The van der Waals surface area contributed by atoms with Crippen LogP contribution in [0.1, 0.15) is 13.3 Å². The fourth-order valence-corrected chi connectivity index (χ4v) is 1.10. The van der Waals surface area contributed by atoms with Gasteiger partial charge in [-0.2, -0.15) is 0 Å². The number of hydrogen-bond acceptors (Lipinski definition) is 2. The number of quaternary nitrogens is 1. The number of aliphatic hydroxyl groups excluding tert-OH is 1. The van der Waals surface area contributed by atoms with Crippen LogP contribution in [-0.2, 0) is 4.79 Å². The second-order valence-electron chi connectivity index (χ2n) is 4.10. The normalized spacial score (nSPS) is 10.6. The van der Waals surface area contributed by atoms with Gasteiger partial charge in [-0.3, -0.25) is 4.79 Å². The molecule has 0 aromatic rings. The number of halogens is 1. The molecule has 0 radical (unpaired) electrons. The first-order valence-corrected chi connectivity index (χ1v) is 4.50. The highest BCUT2D eigenvalue weighted by Crippen LogP contribution is 2.02. The van der Waals surface area contributed by atoms with Gasteiger partial charge in [0.2, 0.25) is 5.78 Å². The molecule has 0 saturated carbocycles. The Morgan fingerprint density at radius 1 is 1.43 bits per heavy atom. The standard InChI is InChI=1S/C10H20NO2.ClH/c1-9(2)10(13)8-11(3,4)6-5-7-12;/h12H,1,5-8H2,2-4H3;1H/q+1;/p-1. The zero-order valence-corrected chi connectivity index (χ0v) is 9.97. The molecular weight excluding hydrogens is 202 g/mol. The molecule has 84 valence electrons. The average Bonchev–Trinajstić information content (AvgIpc) is 2.00. The van der Waals surface area contributed by atoms with Crippen molar-refractivity contribution in [3.63, 3.8) is 0 Å². The van der Waals surface area contributed by atoms with Gasteiger partial charge in [-0.05, 0) is 12.5 Å². The lowest BCUT2D eigenvalue weighted by Gasteiger charge is -2.28. The maximum Gasteiger partial charge on any atom is 0.212 e. The summed E-state index contributed by atoms with van der Waals surface area (Å²) in [6.07, 6.45) is 0.733. The summed E-state index contributed by atoms with van der Waals surface area (Å²) in [5.74, 6) is 0.0999. The first-order chi connectivity index (χ1) is 5.89. The van der Waals surface area contributed by atoms with Crippen molar-refractivity contribution < 1.29 is 26.8 Å². The van der Waals surface area contributed by atoms with Crippen LogP contribution in [0.2, 0.25) is 0 Å². The first kappa shape index (κ1) is 16.1. The largest absolute Gasteiger partial charge is 1.00 e. The van der Waals surface area contributed by atoms with Gasteiger partial charge in [0, 0.05) is 13.0 Å². The van der Waals surface area contributed by atoms with Crippen molar-refractivity contribution in [1.82, 2.24) is 0 Å². The highest BCUT2D eigenvalue weighted by Gasteiger charge is 2.19. The molecular formula is C10H20ClNO2. The number of likely N-dealkylation sites (N-methyl/N-ethyl adjacent to an activating group) is 1. The first-order valence-electron chi connectivity index (χ1n) is 4.50. The minimum atomic E-state index is 0. The SMILES string of the molecule is C=C(C)C(=O)C[N+](C)(C)CCCO.[Cl-]. The third-order valence-corrected chi connectivity index (χ3v) is 1.97. The van der Waals surface area contributed by atoms with Crippen molar-refractivity contribution in [3.05, 3.63) is 12.2 Å². The summed E-state index contributed by atoms with van der Waals surface area (Å²) < 4.78 is 0.617. The van der Waals surface area contributed by atoms with Crippen LogP contribution >= 0.6 is 0 Å². The Kier molecular flexibility index (Phi) is 8.01. The summed E-state index contributed by atoms with van der Waals surface area (Å²) >= 11 is 0. The van der Waals surface area contributed by atoms with Crippen LogP contribution in [0.15, 0.2) is 12.2 Å². The summed E-state index contributed by atoms with van der Waals surface area (Å²) in [6, 6.07) is 0. The van der Waals surface area contributed by atoms with Gasteiger partial charge in [-0.1, -0.05) is 6.58 Å². The highest BCUT2D eigenvalue weighted by atomic mass is 35.5. The summed E-state index contributed by atoms with van der Waals surface area (Å²) in [5, 5.41) is 8.66. The lowest BCUT2D eigenvalue weighted by atomic mass is 10.2. The van der Waals surface area contributed by atoms with E-state index in [1.165, 1.54) is 0 Å². The molecule has 0 saturated heterocycles. The van der Waals surface area contributed by atoms with E-state index in [1.807, 2.05) is 14.1 Å². The number of aliphatic hydroxyl groups is 1. The Morgan fingerprint density at radius 2 is 1.93 bits per heavy atom. The van der Waals surface area contributed by atoms with Gasteiger partial charge in [-0.15, -0.1) is 0 Å². The molecule has 0 aliphatic heterocycles. The topological polar surface area (TPSA) is 37.3 Å². The Hall–Kier alpha value is -0.380. The molecule has 4 heteroatoms. The van der Waals surface area contributed by atoms with Gasteiger partial charge >= 0.3 is 0 Å². The van der Waals surface area contributed by atoms with E-state index in [1.54, 1.807) is 6.92 Å². The number of nitrogens with zero attached hydrogens (tertiary/aromatic N) is 1. The van der Waals surface area contributed by atoms with Crippen LogP contribution in [0, 0.1) is 0 Å². The van der Waals surface area contributed by atoms with E-state index in [-0.39, 0.29) is 24.8 Å². The second-order valence-corrected chi connectivity index (χ2v) is 4.10. The van der Waals surface area contributed by atoms with Crippen LogP contribution in [0.4, 0.5) is 0 Å². The monoisotopic (exact) mass is 221 g/mol. The van der Waals surface area contributed by atoms with Crippen molar-refractivity contribution in [2.45, 2.75) is 13.3 Å². The summed E-state index contributed by atoms with van der Waals surface area (Å²) in [7, 11) is 3.97. The molecule has 0 rings (SSSR count). The number of rotatable bonds is 6. The minimum Gasteiger partial charge on any atom is -1.00 e. The molecule has 0 aliphatic rings. The smallest absolute Gasteiger partial charge is 0.212 e. The van der Waals surface area contributed by atoms with E-state index < -0.39 is 0 Å². The van der Waals surface area contributed by atoms with E-state index in [2.05, 4.69) is 6.58 Å². The van der Waals surface area contributed by atoms with Gasteiger partial charge in [-0.25, -0.2) is 0 Å². The van der Waals surface area contributed by atoms with E-state index in [4.69, 9.17) is 5.11 Å². The molecule has 0 bridgehead atoms. The number of ketones is 1. The van der Waals surface area contributed by atoms with Crippen molar-refractivity contribution in [1.29, 1.82) is 0 Å². The average molecular weight is 222 g/mol. The van der Waals surface area contributed by atoms with Gasteiger partial charge < -0.3 is 22.0 Å².